The fourth-order valence-electron chi connectivity index (χ4n) is 1.54. The summed E-state index contributed by atoms with van der Waals surface area (Å²) in [7, 11) is 0. The lowest BCUT2D eigenvalue weighted by Gasteiger charge is -2.13. The van der Waals surface area contributed by atoms with Gasteiger partial charge in [-0.2, -0.15) is 0 Å². The Kier molecular flexibility index (Phi) is 3.49. The van der Waals surface area contributed by atoms with Gasteiger partial charge in [-0.1, -0.05) is 36.8 Å². The first-order valence-electron chi connectivity index (χ1n) is 4.84. The first-order valence-corrected chi connectivity index (χ1v) is 4.84. The number of aliphatic hydroxyl groups excluding tert-OH is 1. The van der Waals surface area contributed by atoms with Crippen molar-refractivity contribution < 1.29 is 5.11 Å². The molecule has 1 N–H and O–H groups in total. The Balaban J connectivity index is 2.66. The summed E-state index contributed by atoms with van der Waals surface area (Å²) < 4.78 is 0. The molecule has 0 aliphatic rings. The van der Waals surface area contributed by atoms with Crippen molar-refractivity contribution in [2.24, 2.45) is 0 Å². The molecule has 0 bridgehead atoms. The van der Waals surface area contributed by atoms with E-state index >= 15 is 0 Å². The quantitative estimate of drug-likeness (QED) is 0.754. The number of rotatable bonds is 3. The molecule has 2 atom stereocenters. The van der Waals surface area contributed by atoms with Gasteiger partial charge in [0.1, 0.15) is 0 Å². The van der Waals surface area contributed by atoms with Crippen molar-refractivity contribution in [1.29, 1.82) is 0 Å². The molecule has 0 aliphatic heterocycles. The Hall–Kier alpha value is -0.820. The van der Waals surface area contributed by atoms with Gasteiger partial charge >= 0.3 is 0 Å². The number of hydrogen-bond donors (Lipinski definition) is 1. The summed E-state index contributed by atoms with van der Waals surface area (Å²) in [5.74, 6) is 0.445. The van der Waals surface area contributed by atoms with Crippen LogP contribution in [0.2, 0.25) is 0 Å². The molecule has 0 saturated carbocycles. The minimum atomic E-state index is -0.212. The van der Waals surface area contributed by atoms with Crippen LogP contribution in [0.1, 0.15) is 37.3 Å². The zero-order valence-corrected chi connectivity index (χ0v) is 8.62. The third-order valence-electron chi connectivity index (χ3n) is 2.34. The summed E-state index contributed by atoms with van der Waals surface area (Å²) >= 11 is 0. The highest BCUT2D eigenvalue weighted by Gasteiger charge is 2.07. The van der Waals surface area contributed by atoms with E-state index in [9.17, 15) is 5.11 Å². The second-order valence-corrected chi connectivity index (χ2v) is 3.90. The fraction of sp³-hybridized carbons (Fsp3) is 0.500. The Morgan fingerprint density at radius 2 is 1.69 bits per heavy atom. The molecule has 0 heterocycles. The van der Waals surface area contributed by atoms with E-state index in [0.29, 0.717) is 5.92 Å². The van der Waals surface area contributed by atoms with Crippen LogP contribution >= 0.6 is 0 Å². The van der Waals surface area contributed by atoms with E-state index in [2.05, 4.69) is 38.1 Å². The van der Waals surface area contributed by atoms with Crippen LogP contribution in [-0.4, -0.2) is 11.2 Å². The lowest BCUT2D eigenvalue weighted by molar-refractivity contribution is 0.176. The molecule has 13 heavy (non-hydrogen) atoms. The highest BCUT2D eigenvalue weighted by molar-refractivity contribution is 5.24. The van der Waals surface area contributed by atoms with E-state index in [4.69, 9.17) is 0 Å². The number of aliphatic hydroxyl groups is 1. The maximum atomic E-state index is 9.24. The predicted molar refractivity (Wildman–Crippen MR) is 55.9 cm³/mol. The molecule has 1 aromatic rings. The highest BCUT2D eigenvalue weighted by atomic mass is 16.3. The summed E-state index contributed by atoms with van der Waals surface area (Å²) in [5.41, 5.74) is 2.60. The second kappa shape index (κ2) is 4.43. The molecule has 0 aromatic heterocycles. The summed E-state index contributed by atoms with van der Waals surface area (Å²) in [6.45, 7) is 6.07. The third-order valence-corrected chi connectivity index (χ3v) is 2.34. The lowest BCUT2D eigenvalue weighted by Crippen LogP contribution is -2.05. The molecule has 0 unspecified atom stereocenters. The molecule has 0 saturated heterocycles. The molecule has 72 valence electrons. The van der Waals surface area contributed by atoms with Gasteiger partial charge in [0.25, 0.3) is 0 Å². The molecule has 1 aromatic carbocycles. The van der Waals surface area contributed by atoms with Crippen LogP contribution in [0.5, 0.6) is 0 Å². The molecule has 1 nitrogen and oxygen atoms in total. The summed E-state index contributed by atoms with van der Waals surface area (Å²) in [6.07, 6.45) is 0.625. The van der Waals surface area contributed by atoms with Crippen LogP contribution in [-0.2, 0) is 0 Å². The maximum absolute atomic E-state index is 9.24. The van der Waals surface area contributed by atoms with Crippen molar-refractivity contribution in [2.45, 2.75) is 39.2 Å². The summed E-state index contributed by atoms with van der Waals surface area (Å²) in [6, 6.07) is 8.52. The number of benzene rings is 1. The molecule has 0 fully saturated rings. The van der Waals surface area contributed by atoms with Crippen LogP contribution in [0.15, 0.2) is 24.3 Å². The summed E-state index contributed by atoms with van der Waals surface area (Å²) in [5, 5.41) is 9.24. The monoisotopic (exact) mass is 178 g/mol. The average Bonchev–Trinajstić information content (AvgIpc) is 2.04. The molecule has 0 spiro atoms. The average molecular weight is 178 g/mol. The molecule has 0 radical (unpaired) electrons. The van der Waals surface area contributed by atoms with Crippen LogP contribution in [0.3, 0.4) is 0 Å². The molecule has 1 heteroatoms. The van der Waals surface area contributed by atoms with Crippen molar-refractivity contribution in [3.05, 3.63) is 35.4 Å². The van der Waals surface area contributed by atoms with E-state index in [-0.39, 0.29) is 6.10 Å². The predicted octanol–water partition coefficient (Wildman–Crippen LogP) is 2.87. The van der Waals surface area contributed by atoms with Gasteiger partial charge in [0, 0.05) is 0 Å². The second-order valence-electron chi connectivity index (χ2n) is 3.90. The van der Waals surface area contributed by atoms with Gasteiger partial charge in [0.05, 0.1) is 6.10 Å². The smallest absolute Gasteiger partial charge is 0.0517 e. The van der Waals surface area contributed by atoms with Gasteiger partial charge in [0.15, 0.2) is 0 Å². The Morgan fingerprint density at radius 1 is 1.15 bits per heavy atom. The SMILES string of the molecule is Cc1ccc([C@H](C)C[C@H](C)O)cc1. The molecule has 0 amide bonds. The molecular weight excluding hydrogens is 160 g/mol. The van der Waals surface area contributed by atoms with Gasteiger partial charge in [-0.3, -0.25) is 0 Å². The topological polar surface area (TPSA) is 20.2 Å². The number of hydrogen-bond acceptors (Lipinski definition) is 1. The van der Waals surface area contributed by atoms with Crippen LogP contribution < -0.4 is 0 Å². The van der Waals surface area contributed by atoms with E-state index in [0.717, 1.165) is 6.42 Å². The Labute approximate surface area is 80.4 Å². The first kappa shape index (κ1) is 10.3. The molecule has 0 aliphatic carbocycles. The van der Waals surface area contributed by atoms with Crippen molar-refractivity contribution in [3.63, 3.8) is 0 Å². The summed E-state index contributed by atoms with van der Waals surface area (Å²) in [4.78, 5) is 0. The van der Waals surface area contributed by atoms with Gasteiger partial charge in [0.2, 0.25) is 0 Å². The minimum absolute atomic E-state index is 0.212. The molecule has 1 rings (SSSR count). The van der Waals surface area contributed by atoms with E-state index in [1.165, 1.54) is 11.1 Å². The Morgan fingerprint density at radius 3 is 2.15 bits per heavy atom. The van der Waals surface area contributed by atoms with Gasteiger partial charge < -0.3 is 5.11 Å². The van der Waals surface area contributed by atoms with Crippen molar-refractivity contribution >= 4 is 0 Å². The van der Waals surface area contributed by atoms with Crippen molar-refractivity contribution in [2.75, 3.05) is 0 Å². The van der Waals surface area contributed by atoms with Gasteiger partial charge in [-0.15, -0.1) is 0 Å². The van der Waals surface area contributed by atoms with Crippen LogP contribution in [0.4, 0.5) is 0 Å². The standard InChI is InChI=1S/C12H18O/c1-9-4-6-12(7-5-9)10(2)8-11(3)13/h4-7,10-11,13H,8H2,1-3H3/t10-,11+/m1/s1. The lowest BCUT2D eigenvalue weighted by atomic mass is 9.95. The van der Waals surface area contributed by atoms with E-state index in [1.54, 1.807) is 0 Å². The van der Waals surface area contributed by atoms with Crippen molar-refractivity contribution in [1.82, 2.24) is 0 Å². The molecular formula is C12H18O. The number of aryl methyl sites for hydroxylation is 1. The zero-order valence-electron chi connectivity index (χ0n) is 8.62. The maximum Gasteiger partial charge on any atom is 0.0517 e. The largest absolute Gasteiger partial charge is 0.393 e. The van der Waals surface area contributed by atoms with E-state index < -0.39 is 0 Å². The zero-order chi connectivity index (χ0) is 9.84. The first-order chi connectivity index (χ1) is 6.09. The van der Waals surface area contributed by atoms with Crippen molar-refractivity contribution in [3.8, 4) is 0 Å². The normalized spacial score (nSPS) is 15.4. The minimum Gasteiger partial charge on any atom is -0.393 e. The van der Waals surface area contributed by atoms with Crippen LogP contribution in [0, 0.1) is 6.92 Å². The highest BCUT2D eigenvalue weighted by Crippen LogP contribution is 2.20. The van der Waals surface area contributed by atoms with Gasteiger partial charge in [-0.25, -0.2) is 0 Å². The fourth-order valence-corrected chi connectivity index (χ4v) is 1.54. The third kappa shape index (κ3) is 3.19. The Bertz CT molecular complexity index is 248. The van der Waals surface area contributed by atoms with Gasteiger partial charge in [-0.05, 0) is 31.7 Å². The van der Waals surface area contributed by atoms with Crippen LogP contribution in [0.25, 0.3) is 0 Å². The van der Waals surface area contributed by atoms with E-state index in [1.807, 2.05) is 6.92 Å².